The second-order valence-electron chi connectivity index (χ2n) is 4.26. The molecule has 0 aliphatic carbocycles. The zero-order valence-corrected chi connectivity index (χ0v) is 11.6. The van der Waals surface area contributed by atoms with Crippen LogP contribution in [0.3, 0.4) is 0 Å². The van der Waals surface area contributed by atoms with E-state index in [9.17, 15) is 4.39 Å². The van der Waals surface area contributed by atoms with Crippen molar-refractivity contribution in [3.8, 4) is 11.5 Å². The number of nitrogens with one attached hydrogen (secondary N) is 1. The van der Waals surface area contributed by atoms with E-state index in [1.807, 2.05) is 13.0 Å². The van der Waals surface area contributed by atoms with E-state index in [2.05, 4.69) is 5.32 Å². The third-order valence-corrected chi connectivity index (χ3v) is 3.02. The molecule has 0 bridgehead atoms. The van der Waals surface area contributed by atoms with E-state index in [1.54, 1.807) is 31.3 Å². The van der Waals surface area contributed by atoms with Crippen LogP contribution in [-0.2, 0) is 6.54 Å². The van der Waals surface area contributed by atoms with Gasteiger partial charge in [-0.3, -0.25) is 0 Å². The quantitative estimate of drug-likeness (QED) is 0.901. The lowest BCUT2D eigenvalue weighted by Gasteiger charge is -2.13. The van der Waals surface area contributed by atoms with Gasteiger partial charge in [-0.05, 0) is 49.9 Å². The molecule has 4 heteroatoms. The Morgan fingerprint density at radius 1 is 1.21 bits per heavy atom. The minimum atomic E-state index is -0.279. The predicted octanol–water partition coefficient (Wildman–Crippen LogP) is 4.30. The number of aryl methyl sites for hydroxylation is 1. The number of hydrogen-bond acceptors (Lipinski definition) is 2. The number of ether oxygens (including phenoxy) is 1. The predicted molar refractivity (Wildman–Crippen MR) is 75.4 cm³/mol. The second kappa shape index (κ2) is 6.04. The van der Waals surface area contributed by atoms with Crippen molar-refractivity contribution in [1.29, 1.82) is 0 Å². The fourth-order valence-electron chi connectivity index (χ4n) is 1.83. The van der Waals surface area contributed by atoms with Gasteiger partial charge in [-0.2, -0.15) is 0 Å². The number of rotatable bonds is 4. The molecule has 2 aromatic carbocycles. The highest BCUT2D eigenvalue weighted by Gasteiger charge is 2.10. The van der Waals surface area contributed by atoms with Crippen LogP contribution < -0.4 is 10.1 Å². The summed E-state index contributed by atoms with van der Waals surface area (Å²) in [4.78, 5) is 0. The van der Waals surface area contributed by atoms with Gasteiger partial charge in [-0.15, -0.1) is 0 Å². The molecule has 100 valence electrons. The van der Waals surface area contributed by atoms with Crippen LogP contribution >= 0.6 is 11.6 Å². The van der Waals surface area contributed by atoms with Crippen LogP contribution in [0, 0.1) is 12.7 Å². The third kappa shape index (κ3) is 3.25. The molecule has 0 fully saturated rings. The molecule has 0 aliphatic heterocycles. The van der Waals surface area contributed by atoms with E-state index in [-0.39, 0.29) is 5.82 Å². The SMILES string of the molecule is CNCc1c(F)cccc1Oc1ccc(Cl)cc1C. The zero-order valence-electron chi connectivity index (χ0n) is 10.8. The lowest BCUT2D eigenvalue weighted by Crippen LogP contribution is -2.08. The normalized spacial score (nSPS) is 10.5. The first-order chi connectivity index (χ1) is 9.11. The molecule has 0 unspecified atom stereocenters. The van der Waals surface area contributed by atoms with Crippen LogP contribution in [0.1, 0.15) is 11.1 Å². The van der Waals surface area contributed by atoms with Gasteiger partial charge < -0.3 is 10.1 Å². The molecule has 0 radical (unpaired) electrons. The molecule has 0 amide bonds. The first kappa shape index (κ1) is 13.8. The van der Waals surface area contributed by atoms with E-state index >= 15 is 0 Å². The minimum Gasteiger partial charge on any atom is -0.457 e. The lowest BCUT2D eigenvalue weighted by molar-refractivity contribution is 0.461. The van der Waals surface area contributed by atoms with E-state index in [0.717, 1.165) is 5.56 Å². The Bertz CT molecular complexity index is 586. The van der Waals surface area contributed by atoms with Crippen molar-refractivity contribution in [3.63, 3.8) is 0 Å². The van der Waals surface area contributed by atoms with Gasteiger partial charge in [0.15, 0.2) is 0 Å². The van der Waals surface area contributed by atoms with Crippen LogP contribution in [-0.4, -0.2) is 7.05 Å². The second-order valence-corrected chi connectivity index (χ2v) is 4.70. The van der Waals surface area contributed by atoms with Crippen LogP contribution in [0.25, 0.3) is 0 Å². The molecule has 2 nitrogen and oxygen atoms in total. The van der Waals surface area contributed by atoms with Crippen molar-refractivity contribution in [1.82, 2.24) is 5.32 Å². The highest BCUT2D eigenvalue weighted by Crippen LogP contribution is 2.30. The monoisotopic (exact) mass is 279 g/mol. The summed E-state index contributed by atoms with van der Waals surface area (Å²) in [5.74, 6) is 0.908. The Balaban J connectivity index is 2.35. The van der Waals surface area contributed by atoms with E-state index in [4.69, 9.17) is 16.3 Å². The van der Waals surface area contributed by atoms with Gasteiger partial charge in [0.25, 0.3) is 0 Å². The van der Waals surface area contributed by atoms with Crippen LogP contribution in [0.15, 0.2) is 36.4 Å². The van der Waals surface area contributed by atoms with E-state index < -0.39 is 0 Å². The summed E-state index contributed by atoms with van der Waals surface area (Å²) in [6, 6.07) is 10.2. The molecular formula is C15H15ClFNO. The molecule has 0 saturated carbocycles. The highest BCUT2D eigenvalue weighted by molar-refractivity contribution is 6.30. The Morgan fingerprint density at radius 2 is 2.00 bits per heavy atom. The zero-order chi connectivity index (χ0) is 13.8. The number of halogens is 2. The van der Waals surface area contributed by atoms with Gasteiger partial charge in [-0.1, -0.05) is 17.7 Å². The lowest BCUT2D eigenvalue weighted by atomic mass is 10.1. The molecule has 0 aromatic heterocycles. The van der Waals surface area contributed by atoms with E-state index in [0.29, 0.717) is 28.6 Å². The standard InChI is InChI=1S/C15H15ClFNO/c1-10-8-11(16)6-7-14(10)19-15-5-3-4-13(17)12(15)9-18-2/h3-8,18H,9H2,1-2H3. The van der Waals surface area contributed by atoms with Crippen molar-refractivity contribution in [2.75, 3.05) is 7.05 Å². The Morgan fingerprint density at radius 3 is 2.68 bits per heavy atom. The fraction of sp³-hybridized carbons (Fsp3) is 0.200. The van der Waals surface area contributed by atoms with Crippen molar-refractivity contribution in [2.24, 2.45) is 0 Å². The molecule has 0 aliphatic rings. The van der Waals surface area contributed by atoms with Crippen molar-refractivity contribution in [3.05, 3.63) is 58.4 Å². The van der Waals surface area contributed by atoms with Gasteiger partial charge >= 0.3 is 0 Å². The Labute approximate surface area is 117 Å². The molecule has 0 saturated heterocycles. The number of benzene rings is 2. The van der Waals surface area contributed by atoms with Gasteiger partial charge in [0.2, 0.25) is 0 Å². The van der Waals surface area contributed by atoms with Crippen molar-refractivity contribution < 1.29 is 9.13 Å². The molecule has 2 rings (SSSR count). The average Bonchev–Trinajstić information content (AvgIpc) is 2.37. The summed E-state index contributed by atoms with van der Waals surface area (Å²) < 4.78 is 19.6. The molecule has 19 heavy (non-hydrogen) atoms. The largest absolute Gasteiger partial charge is 0.457 e. The summed E-state index contributed by atoms with van der Waals surface area (Å²) in [7, 11) is 1.77. The maximum atomic E-state index is 13.8. The first-order valence-electron chi connectivity index (χ1n) is 5.98. The average molecular weight is 280 g/mol. The number of hydrogen-bond donors (Lipinski definition) is 1. The van der Waals surface area contributed by atoms with Crippen molar-refractivity contribution in [2.45, 2.75) is 13.5 Å². The van der Waals surface area contributed by atoms with Crippen molar-refractivity contribution >= 4 is 11.6 Å². The molecule has 2 aromatic rings. The van der Waals surface area contributed by atoms with Gasteiger partial charge in [0.1, 0.15) is 17.3 Å². The maximum Gasteiger partial charge on any atom is 0.134 e. The molecule has 0 spiro atoms. The van der Waals surface area contributed by atoms with E-state index in [1.165, 1.54) is 6.07 Å². The minimum absolute atomic E-state index is 0.279. The van der Waals surface area contributed by atoms with Gasteiger partial charge in [-0.25, -0.2) is 4.39 Å². The molecule has 1 N–H and O–H groups in total. The molecule has 0 heterocycles. The molecule has 0 atom stereocenters. The first-order valence-corrected chi connectivity index (χ1v) is 6.35. The van der Waals surface area contributed by atoms with Gasteiger partial charge in [0, 0.05) is 17.1 Å². The third-order valence-electron chi connectivity index (χ3n) is 2.79. The Hall–Kier alpha value is -1.58. The molecular weight excluding hydrogens is 265 g/mol. The Kier molecular flexibility index (Phi) is 4.40. The van der Waals surface area contributed by atoms with Crippen LogP contribution in [0.2, 0.25) is 5.02 Å². The summed E-state index contributed by atoms with van der Waals surface area (Å²) in [6.07, 6.45) is 0. The summed E-state index contributed by atoms with van der Waals surface area (Å²) in [6.45, 7) is 2.31. The fourth-order valence-corrected chi connectivity index (χ4v) is 2.06. The van der Waals surface area contributed by atoms with Crippen LogP contribution in [0.4, 0.5) is 4.39 Å². The smallest absolute Gasteiger partial charge is 0.134 e. The summed E-state index contributed by atoms with van der Waals surface area (Å²) >= 11 is 5.90. The van der Waals surface area contributed by atoms with Crippen LogP contribution in [0.5, 0.6) is 11.5 Å². The maximum absolute atomic E-state index is 13.8. The topological polar surface area (TPSA) is 21.3 Å². The van der Waals surface area contributed by atoms with Gasteiger partial charge in [0.05, 0.1) is 0 Å². The summed E-state index contributed by atoms with van der Waals surface area (Å²) in [5.41, 5.74) is 1.42. The highest BCUT2D eigenvalue weighted by atomic mass is 35.5. The summed E-state index contributed by atoms with van der Waals surface area (Å²) in [5, 5.41) is 3.59.